The summed E-state index contributed by atoms with van der Waals surface area (Å²) < 4.78 is 10.6. The van der Waals surface area contributed by atoms with E-state index < -0.39 is 0 Å². The van der Waals surface area contributed by atoms with Crippen molar-refractivity contribution in [2.75, 3.05) is 26.9 Å². The lowest BCUT2D eigenvalue weighted by atomic mass is 10.00. The minimum Gasteiger partial charge on any atom is -0.490 e. The van der Waals surface area contributed by atoms with E-state index >= 15 is 0 Å². The zero-order valence-corrected chi connectivity index (χ0v) is 15.0. The molecule has 2 atom stereocenters. The molecule has 0 aliphatic carbocycles. The minimum absolute atomic E-state index is 0. The van der Waals surface area contributed by atoms with Crippen molar-refractivity contribution in [2.24, 2.45) is 0 Å². The second kappa shape index (κ2) is 9.98. The molecule has 1 aromatic rings. The van der Waals surface area contributed by atoms with Crippen molar-refractivity contribution in [2.45, 2.75) is 31.8 Å². The molecule has 5 nitrogen and oxygen atoms in total. The summed E-state index contributed by atoms with van der Waals surface area (Å²) >= 11 is 6.02. The van der Waals surface area contributed by atoms with Crippen molar-refractivity contribution < 1.29 is 14.3 Å². The molecule has 1 aromatic carbocycles. The van der Waals surface area contributed by atoms with Crippen LogP contribution in [0.25, 0.3) is 0 Å². The second-order valence-corrected chi connectivity index (χ2v) is 5.97. The van der Waals surface area contributed by atoms with Gasteiger partial charge in [0.15, 0.2) is 0 Å². The molecule has 1 amide bonds. The molecule has 7 heteroatoms. The first kappa shape index (κ1) is 20.0. The van der Waals surface area contributed by atoms with E-state index in [1.54, 1.807) is 25.3 Å². The Morgan fingerprint density at radius 1 is 1.43 bits per heavy atom. The summed E-state index contributed by atoms with van der Waals surface area (Å²) in [5.41, 5.74) is 0.467. The average Bonchev–Trinajstić information content (AvgIpc) is 2.49. The third-order valence-electron chi connectivity index (χ3n) is 3.69. The summed E-state index contributed by atoms with van der Waals surface area (Å²) in [6.45, 7) is 3.90. The Morgan fingerprint density at radius 2 is 2.22 bits per heavy atom. The van der Waals surface area contributed by atoms with Gasteiger partial charge >= 0.3 is 0 Å². The van der Waals surface area contributed by atoms with Gasteiger partial charge in [0.05, 0.1) is 12.2 Å². The van der Waals surface area contributed by atoms with Gasteiger partial charge in [0.25, 0.3) is 5.91 Å². The maximum absolute atomic E-state index is 12.5. The zero-order chi connectivity index (χ0) is 15.9. The van der Waals surface area contributed by atoms with Crippen molar-refractivity contribution in [3.05, 3.63) is 28.8 Å². The van der Waals surface area contributed by atoms with Crippen LogP contribution in [0.4, 0.5) is 0 Å². The molecule has 0 spiro atoms. The predicted molar refractivity (Wildman–Crippen MR) is 94.0 cm³/mol. The number of hydrogen-bond donors (Lipinski definition) is 2. The molecule has 1 fully saturated rings. The molecule has 1 saturated heterocycles. The monoisotopic (exact) mass is 362 g/mol. The SMILES string of the molecule is COCCOc1ccc(Cl)cc1C(=O)NC1CCNC(C)C1.Cl. The van der Waals surface area contributed by atoms with Gasteiger partial charge in [-0.05, 0) is 44.5 Å². The summed E-state index contributed by atoms with van der Waals surface area (Å²) in [7, 11) is 1.61. The summed E-state index contributed by atoms with van der Waals surface area (Å²) in [6.07, 6.45) is 1.85. The van der Waals surface area contributed by atoms with E-state index in [1.807, 2.05) is 0 Å². The Labute approximate surface area is 148 Å². The van der Waals surface area contributed by atoms with Gasteiger partial charge in [0.2, 0.25) is 0 Å². The Hall–Kier alpha value is -1.01. The molecule has 1 aliphatic heterocycles. The highest BCUT2D eigenvalue weighted by molar-refractivity contribution is 6.31. The molecule has 0 saturated carbocycles. The quantitative estimate of drug-likeness (QED) is 0.763. The molecule has 0 radical (unpaired) electrons. The average molecular weight is 363 g/mol. The Bertz CT molecular complexity index is 514. The maximum Gasteiger partial charge on any atom is 0.255 e. The van der Waals surface area contributed by atoms with Crippen LogP contribution in [-0.4, -0.2) is 44.9 Å². The van der Waals surface area contributed by atoms with Crippen LogP contribution >= 0.6 is 24.0 Å². The van der Waals surface area contributed by atoms with Crippen LogP contribution in [-0.2, 0) is 4.74 Å². The standard InChI is InChI=1S/C16H23ClN2O3.ClH/c1-11-9-13(5-6-18-11)19-16(20)14-10-12(17)3-4-15(14)22-8-7-21-2;/h3-4,10-11,13,18H,5-9H2,1-2H3,(H,19,20);1H. The fourth-order valence-corrected chi connectivity index (χ4v) is 2.74. The molecule has 23 heavy (non-hydrogen) atoms. The maximum atomic E-state index is 12.5. The van der Waals surface area contributed by atoms with Crippen LogP contribution in [0, 0.1) is 0 Å². The number of carbonyl (C=O) groups excluding carboxylic acids is 1. The summed E-state index contributed by atoms with van der Waals surface area (Å²) in [4.78, 5) is 12.5. The largest absolute Gasteiger partial charge is 0.490 e. The van der Waals surface area contributed by atoms with Crippen molar-refractivity contribution >= 4 is 29.9 Å². The van der Waals surface area contributed by atoms with Gasteiger partial charge in [-0.15, -0.1) is 12.4 Å². The number of rotatable bonds is 6. The first-order valence-electron chi connectivity index (χ1n) is 7.55. The Kier molecular flexibility index (Phi) is 8.69. The van der Waals surface area contributed by atoms with Crippen LogP contribution in [0.5, 0.6) is 5.75 Å². The molecule has 1 heterocycles. The third kappa shape index (κ3) is 6.18. The second-order valence-electron chi connectivity index (χ2n) is 5.53. The van der Waals surface area contributed by atoms with Gasteiger partial charge in [0.1, 0.15) is 12.4 Å². The number of carbonyl (C=O) groups is 1. The third-order valence-corrected chi connectivity index (χ3v) is 3.93. The van der Waals surface area contributed by atoms with Gasteiger partial charge in [-0.25, -0.2) is 0 Å². The van der Waals surface area contributed by atoms with E-state index in [2.05, 4.69) is 17.6 Å². The fraction of sp³-hybridized carbons (Fsp3) is 0.562. The highest BCUT2D eigenvalue weighted by Gasteiger charge is 2.22. The predicted octanol–water partition coefficient (Wildman–Crippen LogP) is 2.66. The first-order chi connectivity index (χ1) is 10.6. The lowest BCUT2D eigenvalue weighted by molar-refractivity contribution is 0.0918. The van der Waals surface area contributed by atoms with Gasteiger partial charge in [-0.1, -0.05) is 11.6 Å². The zero-order valence-electron chi connectivity index (χ0n) is 13.4. The minimum atomic E-state index is -0.144. The van der Waals surface area contributed by atoms with Crippen LogP contribution in [0.3, 0.4) is 0 Å². The lowest BCUT2D eigenvalue weighted by Crippen LogP contribution is -2.46. The molecule has 2 rings (SSSR count). The van der Waals surface area contributed by atoms with Gasteiger partial charge in [-0.2, -0.15) is 0 Å². The van der Waals surface area contributed by atoms with Crippen LogP contribution in [0.15, 0.2) is 18.2 Å². The van der Waals surface area contributed by atoms with Crippen LogP contribution in [0.2, 0.25) is 5.02 Å². The molecule has 2 N–H and O–H groups in total. The molecular weight excluding hydrogens is 339 g/mol. The van der Waals surface area contributed by atoms with E-state index in [0.29, 0.717) is 35.6 Å². The number of benzene rings is 1. The lowest BCUT2D eigenvalue weighted by Gasteiger charge is -2.28. The van der Waals surface area contributed by atoms with Crippen molar-refractivity contribution in [1.82, 2.24) is 10.6 Å². The van der Waals surface area contributed by atoms with Gasteiger partial charge < -0.3 is 20.1 Å². The van der Waals surface area contributed by atoms with E-state index in [4.69, 9.17) is 21.1 Å². The first-order valence-corrected chi connectivity index (χ1v) is 7.93. The van der Waals surface area contributed by atoms with Crippen LogP contribution < -0.4 is 15.4 Å². The number of methoxy groups -OCH3 is 1. The van der Waals surface area contributed by atoms with Crippen molar-refractivity contribution in [1.29, 1.82) is 0 Å². The molecule has 1 aliphatic rings. The number of amides is 1. The molecular formula is C16H24Cl2N2O3. The normalized spacial score (nSPS) is 20.5. The summed E-state index contributed by atoms with van der Waals surface area (Å²) in [5, 5.41) is 6.96. The summed E-state index contributed by atoms with van der Waals surface area (Å²) in [6, 6.07) is 5.67. The highest BCUT2D eigenvalue weighted by Crippen LogP contribution is 2.23. The smallest absolute Gasteiger partial charge is 0.255 e. The number of halogens is 2. The van der Waals surface area contributed by atoms with E-state index in [1.165, 1.54) is 0 Å². The number of ether oxygens (including phenoxy) is 2. The van der Waals surface area contributed by atoms with E-state index in [0.717, 1.165) is 19.4 Å². The Balaban J connectivity index is 0.00000264. The number of nitrogens with one attached hydrogen (secondary N) is 2. The molecule has 0 aromatic heterocycles. The fourth-order valence-electron chi connectivity index (χ4n) is 2.57. The van der Waals surface area contributed by atoms with Gasteiger partial charge in [0, 0.05) is 24.2 Å². The van der Waals surface area contributed by atoms with E-state index in [-0.39, 0.29) is 24.4 Å². The topological polar surface area (TPSA) is 59.6 Å². The molecule has 130 valence electrons. The molecule has 2 unspecified atom stereocenters. The number of hydrogen-bond acceptors (Lipinski definition) is 4. The summed E-state index contributed by atoms with van der Waals surface area (Å²) in [5.74, 6) is 0.384. The van der Waals surface area contributed by atoms with Crippen molar-refractivity contribution in [3.63, 3.8) is 0 Å². The van der Waals surface area contributed by atoms with Crippen molar-refractivity contribution in [3.8, 4) is 5.75 Å². The highest BCUT2D eigenvalue weighted by atomic mass is 35.5. The Morgan fingerprint density at radius 3 is 2.91 bits per heavy atom. The molecule has 0 bridgehead atoms. The van der Waals surface area contributed by atoms with Crippen LogP contribution in [0.1, 0.15) is 30.1 Å². The van der Waals surface area contributed by atoms with E-state index in [9.17, 15) is 4.79 Å². The number of piperidine rings is 1. The van der Waals surface area contributed by atoms with Gasteiger partial charge in [-0.3, -0.25) is 4.79 Å².